The standard InChI is InChI=1S/C14H8Cl2O3.C12H10/c15-11-5-1-9(2-6-11)13(17)19-14(18)10-3-7-12(16)8-4-10;1-3-7-11(8-4-1)12-9-5-2-6-10-12/h1-8H;1-10H. The van der Waals surface area contributed by atoms with Gasteiger partial charge in [0.25, 0.3) is 0 Å². The topological polar surface area (TPSA) is 43.4 Å². The number of halogens is 2. The van der Waals surface area contributed by atoms with Crippen LogP contribution in [0.15, 0.2) is 109 Å². The molecular formula is C26H18Cl2O3. The van der Waals surface area contributed by atoms with Crippen LogP contribution in [0.25, 0.3) is 11.1 Å². The van der Waals surface area contributed by atoms with Crippen molar-refractivity contribution in [3.8, 4) is 11.1 Å². The van der Waals surface area contributed by atoms with Crippen LogP contribution in [-0.2, 0) is 4.74 Å². The van der Waals surface area contributed by atoms with Crippen molar-refractivity contribution in [3.63, 3.8) is 0 Å². The van der Waals surface area contributed by atoms with Gasteiger partial charge in [0.1, 0.15) is 0 Å². The molecule has 0 spiro atoms. The summed E-state index contributed by atoms with van der Waals surface area (Å²) in [5.41, 5.74) is 3.06. The number of hydrogen-bond donors (Lipinski definition) is 0. The summed E-state index contributed by atoms with van der Waals surface area (Å²) in [5.74, 6) is -1.45. The van der Waals surface area contributed by atoms with Crippen LogP contribution in [-0.4, -0.2) is 11.9 Å². The van der Waals surface area contributed by atoms with Gasteiger partial charge in [-0.1, -0.05) is 83.9 Å². The van der Waals surface area contributed by atoms with E-state index < -0.39 is 11.9 Å². The lowest BCUT2D eigenvalue weighted by molar-refractivity contribution is 0.0398. The number of hydrogen-bond acceptors (Lipinski definition) is 3. The molecule has 0 radical (unpaired) electrons. The molecule has 0 aromatic heterocycles. The maximum absolute atomic E-state index is 11.7. The second kappa shape index (κ2) is 11.1. The number of esters is 2. The van der Waals surface area contributed by atoms with E-state index in [1.54, 1.807) is 24.3 Å². The molecule has 0 unspecified atom stereocenters. The molecule has 0 N–H and O–H groups in total. The minimum Gasteiger partial charge on any atom is -0.386 e. The smallest absolute Gasteiger partial charge is 0.346 e. The Labute approximate surface area is 190 Å². The quantitative estimate of drug-likeness (QED) is 0.243. The average molecular weight is 449 g/mol. The van der Waals surface area contributed by atoms with Crippen molar-refractivity contribution in [2.24, 2.45) is 0 Å². The fraction of sp³-hybridized carbons (Fsp3) is 0. The number of ether oxygens (including phenoxy) is 1. The zero-order chi connectivity index (χ0) is 22.1. The van der Waals surface area contributed by atoms with Crippen LogP contribution in [0.3, 0.4) is 0 Å². The molecule has 0 bridgehead atoms. The number of rotatable bonds is 3. The van der Waals surface area contributed by atoms with Crippen LogP contribution in [0.2, 0.25) is 10.0 Å². The highest BCUT2D eigenvalue weighted by atomic mass is 35.5. The SMILES string of the molecule is O=C(OC(=O)c1ccc(Cl)cc1)c1ccc(Cl)cc1.c1ccc(-c2ccccc2)cc1. The Morgan fingerprint density at radius 1 is 0.484 bits per heavy atom. The first-order chi connectivity index (χ1) is 15.0. The van der Waals surface area contributed by atoms with Gasteiger partial charge in [-0.05, 0) is 59.7 Å². The van der Waals surface area contributed by atoms with E-state index in [-0.39, 0.29) is 11.1 Å². The molecule has 3 nitrogen and oxygen atoms in total. The molecule has 0 saturated carbocycles. The van der Waals surface area contributed by atoms with E-state index in [1.165, 1.54) is 35.4 Å². The molecule has 0 amide bonds. The van der Waals surface area contributed by atoms with Gasteiger partial charge in [-0.15, -0.1) is 0 Å². The van der Waals surface area contributed by atoms with Crippen molar-refractivity contribution in [1.29, 1.82) is 0 Å². The first-order valence-electron chi connectivity index (χ1n) is 9.41. The number of benzene rings is 4. The lowest BCUT2D eigenvalue weighted by atomic mass is 10.1. The second-order valence-corrected chi connectivity index (χ2v) is 7.30. The van der Waals surface area contributed by atoms with Crippen molar-refractivity contribution in [2.75, 3.05) is 0 Å². The van der Waals surface area contributed by atoms with Gasteiger partial charge >= 0.3 is 11.9 Å². The van der Waals surface area contributed by atoms with Crippen molar-refractivity contribution < 1.29 is 14.3 Å². The summed E-state index contributed by atoms with van der Waals surface area (Å²) in [7, 11) is 0. The predicted molar refractivity (Wildman–Crippen MR) is 125 cm³/mol. The minimum absolute atomic E-state index is 0.256. The summed E-state index contributed by atoms with van der Waals surface area (Å²) in [6.45, 7) is 0. The first-order valence-corrected chi connectivity index (χ1v) is 10.2. The Morgan fingerprint density at radius 2 is 0.806 bits per heavy atom. The lowest BCUT2D eigenvalue weighted by Crippen LogP contribution is -2.12. The molecule has 0 heterocycles. The van der Waals surface area contributed by atoms with Crippen LogP contribution < -0.4 is 0 Å². The summed E-state index contributed by atoms with van der Waals surface area (Å²) in [4.78, 5) is 23.4. The maximum Gasteiger partial charge on any atom is 0.346 e. The Balaban J connectivity index is 0.000000194. The molecular weight excluding hydrogens is 431 g/mol. The average Bonchev–Trinajstić information content (AvgIpc) is 2.81. The van der Waals surface area contributed by atoms with Crippen molar-refractivity contribution in [1.82, 2.24) is 0 Å². The third-order valence-corrected chi connectivity index (χ3v) is 4.73. The monoisotopic (exact) mass is 448 g/mol. The predicted octanol–water partition coefficient (Wildman–Crippen LogP) is 7.34. The first kappa shape index (κ1) is 22.3. The summed E-state index contributed by atoms with van der Waals surface area (Å²) in [5, 5.41) is 1.00. The largest absolute Gasteiger partial charge is 0.386 e. The molecule has 0 atom stereocenters. The molecule has 4 rings (SSSR count). The summed E-state index contributed by atoms with van der Waals surface area (Å²) >= 11 is 11.4. The van der Waals surface area contributed by atoms with Crippen LogP contribution in [0.5, 0.6) is 0 Å². The highest BCUT2D eigenvalue weighted by molar-refractivity contribution is 6.31. The minimum atomic E-state index is -0.725. The van der Waals surface area contributed by atoms with E-state index in [9.17, 15) is 9.59 Å². The number of carbonyl (C=O) groups is 2. The van der Waals surface area contributed by atoms with Crippen molar-refractivity contribution in [3.05, 3.63) is 130 Å². The molecule has 0 saturated heterocycles. The van der Waals surface area contributed by atoms with Gasteiger partial charge in [0, 0.05) is 10.0 Å². The zero-order valence-electron chi connectivity index (χ0n) is 16.4. The van der Waals surface area contributed by atoms with Crippen LogP contribution in [0.4, 0.5) is 0 Å². The van der Waals surface area contributed by atoms with Gasteiger partial charge in [0.15, 0.2) is 0 Å². The molecule has 31 heavy (non-hydrogen) atoms. The van der Waals surface area contributed by atoms with Crippen LogP contribution >= 0.6 is 23.2 Å². The Morgan fingerprint density at radius 3 is 1.13 bits per heavy atom. The Bertz CT molecular complexity index is 1030. The van der Waals surface area contributed by atoms with Crippen LogP contribution in [0, 0.1) is 0 Å². The number of carbonyl (C=O) groups excluding carboxylic acids is 2. The lowest BCUT2D eigenvalue weighted by Gasteiger charge is -2.03. The third-order valence-electron chi connectivity index (χ3n) is 4.23. The fourth-order valence-electron chi connectivity index (χ4n) is 2.64. The highest BCUT2D eigenvalue weighted by Gasteiger charge is 2.14. The third kappa shape index (κ3) is 6.82. The molecule has 4 aromatic rings. The highest BCUT2D eigenvalue weighted by Crippen LogP contribution is 2.17. The Kier molecular flexibility index (Phi) is 7.99. The molecule has 0 aliphatic carbocycles. The van der Waals surface area contributed by atoms with E-state index >= 15 is 0 Å². The van der Waals surface area contributed by atoms with Gasteiger partial charge in [0.05, 0.1) is 11.1 Å². The van der Waals surface area contributed by atoms with Gasteiger partial charge in [-0.3, -0.25) is 0 Å². The van der Waals surface area contributed by atoms with E-state index in [0.717, 1.165) is 0 Å². The van der Waals surface area contributed by atoms with Gasteiger partial charge in [0.2, 0.25) is 0 Å². The summed E-state index contributed by atoms with van der Waals surface area (Å²) < 4.78 is 4.74. The molecule has 154 valence electrons. The van der Waals surface area contributed by atoms with Gasteiger partial charge in [-0.2, -0.15) is 0 Å². The van der Waals surface area contributed by atoms with E-state index in [4.69, 9.17) is 27.9 Å². The fourth-order valence-corrected chi connectivity index (χ4v) is 2.89. The van der Waals surface area contributed by atoms with E-state index in [1.807, 2.05) is 12.1 Å². The van der Waals surface area contributed by atoms with Crippen molar-refractivity contribution in [2.45, 2.75) is 0 Å². The molecule has 5 heteroatoms. The molecule has 0 aliphatic rings. The van der Waals surface area contributed by atoms with Crippen LogP contribution in [0.1, 0.15) is 20.7 Å². The summed E-state index contributed by atoms with van der Waals surface area (Å²) in [6, 6.07) is 32.9. The normalized spacial score (nSPS) is 9.87. The van der Waals surface area contributed by atoms with Gasteiger partial charge in [-0.25, -0.2) is 9.59 Å². The van der Waals surface area contributed by atoms with E-state index in [2.05, 4.69) is 48.5 Å². The molecule has 0 aliphatic heterocycles. The second-order valence-electron chi connectivity index (χ2n) is 6.42. The maximum atomic E-state index is 11.7. The van der Waals surface area contributed by atoms with E-state index in [0.29, 0.717) is 10.0 Å². The summed E-state index contributed by atoms with van der Waals surface area (Å²) in [6.07, 6.45) is 0. The zero-order valence-corrected chi connectivity index (χ0v) is 17.9. The Hall–Kier alpha value is -3.40. The molecule has 0 fully saturated rings. The van der Waals surface area contributed by atoms with Gasteiger partial charge < -0.3 is 4.74 Å². The van der Waals surface area contributed by atoms with Crippen molar-refractivity contribution >= 4 is 35.1 Å². The molecule has 4 aromatic carbocycles.